The fourth-order valence-corrected chi connectivity index (χ4v) is 2.99. The van der Waals surface area contributed by atoms with E-state index in [4.69, 9.17) is 31.5 Å². The van der Waals surface area contributed by atoms with Crippen molar-refractivity contribution in [1.29, 1.82) is 0 Å². The third-order valence-electron chi connectivity index (χ3n) is 3.98. The maximum absolute atomic E-state index is 6.23. The van der Waals surface area contributed by atoms with Gasteiger partial charge in [-0.05, 0) is 43.2 Å². The van der Waals surface area contributed by atoms with Gasteiger partial charge in [0.2, 0.25) is 5.88 Å². The van der Waals surface area contributed by atoms with Gasteiger partial charge in [0, 0.05) is 6.07 Å². The van der Waals surface area contributed by atoms with Gasteiger partial charge in [-0.3, -0.25) is 0 Å². The Labute approximate surface area is 168 Å². The van der Waals surface area contributed by atoms with Crippen LogP contribution in [0.3, 0.4) is 0 Å². The molecule has 0 unspecified atom stereocenters. The number of nitrogens with one attached hydrogen (secondary N) is 1. The number of nitrogens with zero attached hydrogens (tertiary/aromatic N) is 2. The Bertz CT molecular complexity index is 991. The number of methoxy groups -OCH3 is 2. The highest BCUT2D eigenvalue weighted by Crippen LogP contribution is 2.39. The molecule has 0 fully saturated rings. The van der Waals surface area contributed by atoms with E-state index in [-0.39, 0.29) is 11.6 Å². The fourth-order valence-electron chi connectivity index (χ4n) is 2.75. The predicted molar refractivity (Wildman–Crippen MR) is 110 cm³/mol. The lowest BCUT2D eigenvalue weighted by Crippen LogP contribution is -2.04. The van der Waals surface area contributed by atoms with E-state index in [1.807, 2.05) is 26.0 Å². The number of nitrogen functional groups attached to an aromatic ring is 1. The first-order valence-electron chi connectivity index (χ1n) is 8.46. The van der Waals surface area contributed by atoms with Gasteiger partial charge >= 0.3 is 0 Å². The van der Waals surface area contributed by atoms with E-state index in [1.165, 1.54) is 13.4 Å². The Kier molecular flexibility index (Phi) is 5.75. The van der Waals surface area contributed by atoms with Gasteiger partial charge in [-0.15, -0.1) is 0 Å². The van der Waals surface area contributed by atoms with Gasteiger partial charge in [0.1, 0.15) is 29.3 Å². The number of hydrogen-bond donors (Lipinski definition) is 2. The van der Waals surface area contributed by atoms with Crippen LogP contribution in [0.1, 0.15) is 11.1 Å². The maximum atomic E-state index is 6.23. The van der Waals surface area contributed by atoms with E-state index in [0.717, 1.165) is 11.1 Å². The second kappa shape index (κ2) is 8.22. The minimum Gasteiger partial charge on any atom is -0.495 e. The van der Waals surface area contributed by atoms with E-state index in [9.17, 15) is 0 Å². The quantitative estimate of drug-likeness (QED) is 0.609. The molecule has 0 atom stereocenters. The molecule has 7 nitrogen and oxygen atoms in total. The summed E-state index contributed by atoms with van der Waals surface area (Å²) in [6, 6.07) is 9.23. The number of ether oxygens (including phenoxy) is 3. The first-order chi connectivity index (χ1) is 13.4. The molecule has 3 rings (SSSR count). The highest BCUT2D eigenvalue weighted by molar-refractivity contribution is 6.32. The number of aryl methyl sites for hydroxylation is 2. The summed E-state index contributed by atoms with van der Waals surface area (Å²) in [7, 11) is 3.08. The largest absolute Gasteiger partial charge is 0.495 e. The van der Waals surface area contributed by atoms with Crippen molar-refractivity contribution >= 4 is 28.8 Å². The summed E-state index contributed by atoms with van der Waals surface area (Å²) in [4.78, 5) is 8.35. The maximum Gasteiger partial charge on any atom is 0.248 e. The monoisotopic (exact) mass is 400 g/mol. The Balaban J connectivity index is 1.92. The van der Waals surface area contributed by atoms with E-state index >= 15 is 0 Å². The van der Waals surface area contributed by atoms with Crippen molar-refractivity contribution in [2.45, 2.75) is 13.8 Å². The fraction of sp³-hybridized carbons (Fsp3) is 0.200. The van der Waals surface area contributed by atoms with Crippen LogP contribution in [0.25, 0.3) is 0 Å². The van der Waals surface area contributed by atoms with Crippen molar-refractivity contribution in [2.75, 3.05) is 25.3 Å². The zero-order valence-corrected chi connectivity index (χ0v) is 16.8. The molecule has 0 bridgehead atoms. The smallest absolute Gasteiger partial charge is 0.248 e. The molecule has 0 saturated carbocycles. The molecule has 8 heteroatoms. The predicted octanol–water partition coefficient (Wildman–Crippen LogP) is 4.88. The minimum absolute atomic E-state index is 0.251. The Hall–Kier alpha value is -3.19. The highest BCUT2D eigenvalue weighted by Gasteiger charge is 2.15. The molecule has 0 radical (unpaired) electrons. The van der Waals surface area contributed by atoms with Crippen LogP contribution < -0.4 is 25.3 Å². The SMILES string of the molecule is COc1cc(OC)c(Nc2ncnc(Oc3cc(C)cc(C)c3)c2N)cc1Cl. The first kappa shape index (κ1) is 19.6. The Morgan fingerprint density at radius 1 is 0.929 bits per heavy atom. The zero-order valence-electron chi connectivity index (χ0n) is 16.0. The zero-order chi connectivity index (χ0) is 20.3. The lowest BCUT2D eigenvalue weighted by Gasteiger charge is -2.15. The van der Waals surface area contributed by atoms with Crippen molar-refractivity contribution in [3.63, 3.8) is 0 Å². The summed E-state index contributed by atoms with van der Waals surface area (Å²) in [6.45, 7) is 3.99. The molecule has 3 N–H and O–H groups in total. The van der Waals surface area contributed by atoms with Crippen LogP contribution in [0.2, 0.25) is 5.02 Å². The number of nitrogens with two attached hydrogens (primary N) is 1. The van der Waals surface area contributed by atoms with E-state index in [0.29, 0.717) is 33.8 Å². The van der Waals surface area contributed by atoms with Crippen molar-refractivity contribution in [3.8, 4) is 23.1 Å². The summed E-state index contributed by atoms with van der Waals surface area (Å²) >= 11 is 6.22. The summed E-state index contributed by atoms with van der Waals surface area (Å²) in [5, 5.41) is 3.53. The molecule has 146 valence electrons. The van der Waals surface area contributed by atoms with Crippen molar-refractivity contribution < 1.29 is 14.2 Å². The summed E-state index contributed by atoms with van der Waals surface area (Å²) in [5.74, 6) is 2.29. The Morgan fingerprint density at radius 2 is 1.61 bits per heavy atom. The normalized spacial score (nSPS) is 10.5. The Morgan fingerprint density at radius 3 is 2.25 bits per heavy atom. The van der Waals surface area contributed by atoms with Crippen molar-refractivity contribution in [1.82, 2.24) is 9.97 Å². The summed E-state index contributed by atoms with van der Waals surface area (Å²) in [5.41, 5.74) is 9.23. The number of anilines is 3. The summed E-state index contributed by atoms with van der Waals surface area (Å²) < 4.78 is 16.5. The van der Waals surface area contributed by atoms with Crippen LogP contribution in [0.4, 0.5) is 17.2 Å². The molecule has 0 aliphatic rings. The van der Waals surface area contributed by atoms with Gasteiger partial charge in [-0.25, -0.2) is 4.98 Å². The van der Waals surface area contributed by atoms with Gasteiger partial charge in [-0.1, -0.05) is 17.7 Å². The number of benzene rings is 2. The van der Waals surface area contributed by atoms with Crippen LogP contribution in [-0.4, -0.2) is 24.2 Å². The average Bonchev–Trinajstić information content (AvgIpc) is 2.64. The van der Waals surface area contributed by atoms with Crippen LogP contribution in [0.15, 0.2) is 36.7 Å². The lowest BCUT2D eigenvalue weighted by molar-refractivity contribution is 0.396. The molecular formula is C20H21ClN4O3. The van der Waals surface area contributed by atoms with E-state index in [1.54, 1.807) is 19.2 Å². The van der Waals surface area contributed by atoms with E-state index in [2.05, 4.69) is 21.4 Å². The molecule has 3 aromatic rings. The average molecular weight is 401 g/mol. The van der Waals surface area contributed by atoms with Gasteiger partial charge in [0.15, 0.2) is 5.82 Å². The van der Waals surface area contributed by atoms with Gasteiger partial charge in [0.25, 0.3) is 0 Å². The number of aromatic nitrogens is 2. The molecule has 0 aliphatic heterocycles. The molecular weight excluding hydrogens is 380 g/mol. The number of halogens is 1. The summed E-state index contributed by atoms with van der Waals surface area (Å²) in [6.07, 6.45) is 1.37. The molecule has 1 aromatic heterocycles. The standard InChI is InChI=1S/C20H21ClN4O3/c1-11-5-12(2)7-13(6-11)28-20-18(22)19(23-10-24-20)25-15-8-14(21)16(26-3)9-17(15)27-4/h5-10H,22H2,1-4H3,(H,23,24,25). The van der Waals surface area contributed by atoms with Gasteiger partial charge in [-0.2, -0.15) is 4.98 Å². The van der Waals surface area contributed by atoms with E-state index < -0.39 is 0 Å². The molecule has 2 aromatic carbocycles. The van der Waals surface area contributed by atoms with Crippen molar-refractivity contribution in [3.05, 3.63) is 52.8 Å². The molecule has 0 spiro atoms. The number of rotatable bonds is 6. The van der Waals surface area contributed by atoms with Crippen LogP contribution in [0, 0.1) is 13.8 Å². The topological polar surface area (TPSA) is 91.5 Å². The molecule has 28 heavy (non-hydrogen) atoms. The molecule has 1 heterocycles. The second-order valence-corrected chi connectivity index (χ2v) is 6.59. The second-order valence-electron chi connectivity index (χ2n) is 6.18. The molecule has 0 amide bonds. The number of hydrogen-bond acceptors (Lipinski definition) is 7. The minimum atomic E-state index is 0.251. The van der Waals surface area contributed by atoms with Crippen LogP contribution in [-0.2, 0) is 0 Å². The third-order valence-corrected chi connectivity index (χ3v) is 4.28. The lowest BCUT2D eigenvalue weighted by atomic mass is 10.1. The van der Waals surface area contributed by atoms with Crippen LogP contribution in [0.5, 0.6) is 23.1 Å². The third kappa shape index (κ3) is 4.20. The first-order valence-corrected chi connectivity index (χ1v) is 8.84. The van der Waals surface area contributed by atoms with Crippen molar-refractivity contribution in [2.24, 2.45) is 0 Å². The highest BCUT2D eigenvalue weighted by atomic mass is 35.5. The molecule has 0 aliphatic carbocycles. The van der Waals surface area contributed by atoms with Gasteiger partial charge in [0.05, 0.1) is 24.9 Å². The molecule has 0 saturated heterocycles. The van der Waals surface area contributed by atoms with Crippen LogP contribution >= 0.6 is 11.6 Å². The van der Waals surface area contributed by atoms with Gasteiger partial charge < -0.3 is 25.3 Å².